The molecule has 0 amide bonds. The largest absolute Gasteiger partial charge is 0.381 e. The van der Waals surface area contributed by atoms with Crippen LogP contribution in [-0.2, 0) is 24.6 Å². The van der Waals surface area contributed by atoms with Crippen LogP contribution in [0.5, 0.6) is 0 Å². The van der Waals surface area contributed by atoms with E-state index in [9.17, 15) is 0 Å². The van der Waals surface area contributed by atoms with Gasteiger partial charge in [0, 0.05) is 33.5 Å². The van der Waals surface area contributed by atoms with Gasteiger partial charge in [0.15, 0.2) is 0 Å². The van der Waals surface area contributed by atoms with Gasteiger partial charge in [0.1, 0.15) is 12.2 Å². The maximum atomic E-state index is 5.88. The molecule has 6 nitrogen and oxygen atoms in total. The smallest absolute Gasteiger partial charge is 0.141 e. The van der Waals surface area contributed by atoms with E-state index in [0.717, 1.165) is 36.8 Å². The molecule has 2 heterocycles. The third-order valence-electron chi connectivity index (χ3n) is 6.07. The van der Waals surface area contributed by atoms with E-state index < -0.39 is 8.07 Å². The summed E-state index contributed by atoms with van der Waals surface area (Å²) in [5.74, 6) is 0. The second-order valence-electron chi connectivity index (χ2n) is 10.2. The van der Waals surface area contributed by atoms with E-state index >= 15 is 0 Å². The minimum Gasteiger partial charge on any atom is -0.381 e. The normalized spacial score (nSPS) is 15.3. The number of fused-ring (bicyclic) bond motifs is 1. The summed E-state index contributed by atoms with van der Waals surface area (Å²) in [7, 11) is -1.08. The van der Waals surface area contributed by atoms with Crippen LogP contribution < -0.4 is 5.32 Å². The molecule has 0 saturated carbocycles. The van der Waals surface area contributed by atoms with E-state index in [1.165, 1.54) is 49.2 Å². The van der Waals surface area contributed by atoms with Gasteiger partial charge in [0.25, 0.3) is 0 Å². The van der Waals surface area contributed by atoms with Gasteiger partial charge in [-0.3, -0.25) is 4.90 Å². The molecule has 1 N–H and O–H groups in total. The Morgan fingerprint density at radius 2 is 1.84 bits per heavy atom. The highest BCUT2D eigenvalue weighted by atomic mass is 28.3. The Kier molecular flexibility index (Phi) is 7.60. The number of nitrogens with one attached hydrogen (secondary N) is 1. The molecule has 0 spiro atoms. The Balaban J connectivity index is 1.34. The van der Waals surface area contributed by atoms with Crippen LogP contribution in [0.15, 0.2) is 42.5 Å². The average molecular weight is 452 g/mol. The number of rotatable bonds is 10. The van der Waals surface area contributed by atoms with Crippen molar-refractivity contribution < 1.29 is 4.74 Å². The van der Waals surface area contributed by atoms with Crippen molar-refractivity contribution in [2.45, 2.75) is 64.8 Å². The quantitative estimate of drug-likeness (QED) is 0.333. The number of piperidine rings is 1. The Hall–Kier alpha value is -2.22. The maximum Gasteiger partial charge on any atom is 0.141 e. The molecule has 0 atom stereocenters. The van der Waals surface area contributed by atoms with E-state index in [1.807, 2.05) is 10.7 Å². The number of anilines is 1. The summed E-state index contributed by atoms with van der Waals surface area (Å²) in [5, 5.41) is 12.2. The molecule has 2 aromatic carbocycles. The first-order chi connectivity index (χ1) is 15.5. The fourth-order valence-corrected chi connectivity index (χ4v) is 4.86. The van der Waals surface area contributed by atoms with Crippen molar-refractivity contribution in [1.82, 2.24) is 19.9 Å². The van der Waals surface area contributed by atoms with Gasteiger partial charge < -0.3 is 10.1 Å². The second-order valence-corrected chi connectivity index (χ2v) is 15.8. The molecule has 1 aromatic heterocycles. The molecule has 1 fully saturated rings. The molecule has 3 aromatic rings. The van der Waals surface area contributed by atoms with E-state index in [2.05, 4.69) is 76.6 Å². The molecule has 0 bridgehead atoms. The van der Waals surface area contributed by atoms with Crippen molar-refractivity contribution in [3.63, 3.8) is 0 Å². The standard InChI is InChI=1S/C25H37N5OSi/c1-32(2,3)15-14-31-20-30-25-17-21(10-11-24(25)27-28-30)18-26-23-9-7-8-22(16-23)19-29-12-5-4-6-13-29/h7-11,16-17,26H,4-6,12-15,18-20H2,1-3H3. The Labute approximate surface area is 193 Å². The molecule has 0 aliphatic carbocycles. The summed E-state index contributed by atoms with van der Waals surface area (Å²) in [5.41, 5.74) is 5.69. The Bertz CT molecular complexity index is 1010. The van der Waals surface area contributed by atoms with Crippen LogP contribution in [-0.4, -0.2) is 47.7 Å². The third kappa shape index (κ3) is 6.64. The summed E-state index contributed by atoms with van der Waals surface area (Å²) in [4.78, 5) is 2.57. The zero-order valence-corrected chi connectivity index (χ0v) is 20.8. The van der Waals surface area contributed by atoms with Crippen LogP contribution in [0.2, 0.25) is 25.7 Å². The summed E-state index contributed by atoms with van der Waals surface area (Å²) < 4.78 is 7.75. The van der Waals surface area contributed by atoms with Gasteiger partial charge in [-0.2, -0.15) is 0 Å². The lowest BCUT2D eigenvalue weighted by atomic mass is 10.1. The fourth-order valence-electron chi connectivity index (χ4n) is 4.10. The van der Waals surface area contributed by atoms with Gasteiger partial charge in [0.2, 0.25) is 0 Å². The zero-order chi connectivity index (χ0) is 22.4. The topological polar surface area (TPSA) is 55.2 Å². The van der Waals surface area contributed by atoms with Crippen LogP contribution in [0.4, 0.5) is 5.69 Å². The zero-order valence-electron chi connectivity index (χ0n) is 19.8. The predicted octanol–water partition coefficient (Wildman–Crippen LogP) is 5.34. The molecule has 172 valence electrons. The number of hydrogen-bond acceptors (Lipinski definition) is 5. The number of benzene rings is 2. The Morgan fingerprint density at radius 1 is 1.00 bits per heavy atom. The lowest BCUT2D eigenvalue weighted by Crippen LogP contribution is -2.29. The van der Waals surface area contributed by atoms with Gasteiger partial charge >= 0.3 is 0 Å². The molecule has 0 unspecified atom stereocenters. The molecule has 1 aliphatic rings. The molecule has 4 rings (SSSR count). The Morgan fingerprint density at radius 3 is 2.66 bits per heavy atom. The van der Waals surface area contributed by atoms with Crippen molar-refractivity contribution in [2.75, 3.05) is 25.0 Å². The number of nitrogens with zero attached hydrogens (tertiary/aromatic N) is 4. The maximum absolute atomic E-state index is 5.88. The van der Waals surface area contributed by atoms with Crippen molar-refractivity contribution in [2.24, 2.45) is 0 Å². The first kappa shape index (κ1) is 23.0. The summed E-state index contributed by atoms with van der Waals surface area (Å²) in [6.07, 6.45) is 4.03. The highest BCUT2D eigenvalue weighted by molar-refractivity contribution is 6.76. The SMILES string of the molecule is C[Si](C)(C)CCOCn1nnc2ccc(CNc3cccc(CN4CCCCC4)c3)cc21. The van der Waals surface area contributed by atoms with Crippen LogP contribution in [0.3, 0.4) is 0 Å². The first-order valence-corrected chi connectivity index (χ1v) is 15.6. The fraction of sp³-hybridized carbons (Fsp3) is 0.520. The highest BCUT2D eigenvalue weighted by Crippen LogP contribution is 2.19. The van der Waals surface area contributed by atoms with E-state index in [0.29, 0.717) is 6.73 Å². The highest BCUT2D eigenvalue weighted by Gasteiger charge is 2.13. The molecular formula is C25H37N5OSi. The minimum absolute atomic E-state index is 0.455. The van der Waals surface area contributed by atoms with Crippen LogP contribution in [0.1, 0.15) is 30.4 Å². The average Bonchev–Trinajstić information content (AvgIpc) is 3.18. The van der Waals surface area contributed by atoms with Crippen molar-refractivity contribution in [3.05, 3.63) is 53.6 Å². The second kappa shape index (κ2) is 10.6. The molecule has 1 saturated heterocycles. The third-order valence-corrected chi connectivity index (χ3v) is 7.77. The lowest BCUT2D eigenvalue weighted by molar-refractivity contribution is 0.0803. The minimum atomic E-state index is -1.08. The summed E-state index contributed by atoms with van der Waals surface area (Å²) >= 11 is 0. The van der Waals surface area contributed by atoms with Crippen molar-refractivity contribution in [1.29, 1.82) is 0 Å². The number of aromatic nitrogens is 3. The summed E-state index contributed by atoms with van der Waals surface area (Å²) in [6, 6.07) is 16.3. The van der Waals surface area contributed by atoms with Gasteiger partial charge in [-0.1, -0.05) is 49.5 Å². The van der Waals surface area contributed by atoms with Crippen molar-refractivity contribution in [3.8, 4) is 0 Å². The van der Waals surface area contributed by atoms with Gasteiger partial charge in [-0.05, 0) is 67.4 Å². The van der Waals surface area contributed by atoms with Crippen LogP contribution in [0, 0.1) is 0 Å². The molecular weight excluding hydrogens is 414 g/mol. The van der Waals surface area contributed by atoms with Crippen LogP contribution >= 0.6 is 0 Å². The van der Waals surface area contributed by atoms with Crippen LogP contribution in [0.25, 0.3) is 11.0 Å². The van der Waals surface area contributed by atoms with Gasteiger partial charge in [-0.25, -0.2) is 4.68 Å². The molecule has 0 radical (unpaired) electrons. The van der Waals surface area contributed by atoms with E-state index in [1.54, 1.807) is 0 Å². The number of likely N-dealkylation sites (tertiary alicyclic amines) is 1. The first-order valence-electron chi connectivity index (χ1n) is 11.9. The number of hydrogen-bond donors (Lipinski definition) is 1. The molecule has 7 heteroatoms. The van der Waals surface area contributed by atoms with Gasteiger partial charge in [0.05, 0.1) is 5.52 Å². The number of ether oxygens (including phenoxy) is 1. The monoisotopic (exact) mass is 451 g/mol. The van der Waals surface area contributed by atoms with E-state index in [4.69, 9.17) is 4.74 Å². The van der Waals surface area contributed by atoms with Crippen molar-refractivity contribution >= 4 is 24.8 Å². The van der Waals surface area contributed by atoms with E-state index in [-0.39, 0.29) is 0 Å². The summed E-state index contributed by atoms with van der Waals surface area (Å²) in [6.45, 7) is 12.6. The predicted molar refractivity (Wildman–Crippen MR) is 135 cm³/mol. The van der Waals surface area contributed by atoms with Gasteiger partial charge in [-0.15, -0.1) is 5.10 Å². The molecule has 32 heavy (non-hydrogen) atoms. The molecule has 1 aliphatic heterocycles. The lowest BCUT2D eigenvalue weighted by Gasteiger charge is -2.26.